The molecule has 568 valence electrons. The highest BCUT2D eigenvalue weighted by atomic mass is 127. The SMILES string of the molecule is C#CCOCCOc1ccc2c(c1)CN(C1CCC(=O)NC1=O)C2=O.Ic1ccc(OC2CC(Oc3ccc(-c4ccc5c(c4)[nH]c4ccncc45)cn3)C2)cn1.O=C1CCC(N2Cc3cc(OCCOCC#Cc4ccc(OC5CC(Oc6ccc(-c7ccc8c(c7)[nH]c7ccncc78)cn6)C5)cn4)ccc3C2=O)C(=O)N1. The first-order valence-electron chi connectivity index (χ1n) is 37.0. The van der Waals surface area contributed by atoms with Crippen LogP contribution < -0.4 is 39.1 Å². The van der Waals surface area contributed by atoms with Gasteiger partial charge >= 0.3 is 0 Å². The molecular formula is C86H73IN12O14. The van der Waals surface area contributed by atoms with Crippen LogP contribution in [0, 0.1) is 27.9 Å². The fraction of sp³-hybridized carbons (Fsp3) is 0.256. The molecule has 0 bridgehead atoms. The van der Waals surface area contributed by atoms with Gasteiger partial charge in [0.2, 0.25) is 35.4 Å². The third kappa shape index (κ3) is 17.4. The molecule has 4 fully saturated rings. The number of nitrogens with one attached hydrogen (secondary N) is 4. The number of pyridine rings is 6. The number of rotatable bonds is 22. The van der Waals surface area contributed by atoms with Crippen LogP contribution in [-0.4, -0.2) is 161 Å². The average molecular weight is 1630 g/mol. The Labute approximate surface area is 661 Å². The summed E-state index contributed by atoms with van der Waals surface area (Å²) in [6.45, 7) is 2.42. The second kappa shape index (κ2) is 33.8. The van der Waals surface area contributed by atoms with Gasteiger partial charge in [0.25, 0.3) is 11.8 Å². The summed E-state index contributed by atoms with van der Waals surface area (Å²) in [4.78, 5) is 109. The number of nitrogens with zero attached hydrogens (tertiary/aromatic N) is 8. The zero-order valence-corrected chi connectivity index (χ0v) is 63.0. The van der Waals surface area contributed by atoms with E-state index in [0.717, 1.165) is 107 Å². The van der Waals surface area contributed by atoms with Crippen molar-refractivity contribution in [3.05, 3.63) is 215 Å². The minimum atomic E-state index is -0.650. The van der Waals surface area contributed by atoms with Gasteiger partial charge in [0.15, 0.2) is 0 Å². The Kier molecular flexibility index (Phi) is 22.2. The summed E-state index contributed by atoms with van der Waals surface area (Å²) in [6, 6.07) is 41.4. The number of carbonyl (C=O) groups excluding carboxylic acids is 6. The van der Waals surface area contributed by atoms with Crippen molar-refractivity contribution < 1.29 is 66.7 Å². The number of amides is 6. The first-order chi connectivity index (χ1) is 55.2. The minimum absolute atomic E-state index is 0.0371. The molecule has 12 aromatic rings. The molecule has 4 N–H and O–H groups in total. The Bertz CT molecular complexity index is 5700. The summed E-state index contributed by atoms with van der Waals surface area (Å²) in [5.74, 6) is 10.4. The van der Waals surface area contributed by atoms with Crippen LogP contribution in [0.15, 0.2) is 183 Å². The van der Waals surface area contributed by atoms with Gasteiger partial charge < -0.3 is 57.7 Å². The second-order valence-electron chi connectivity index (χ2n) is 27.7. The summed E-state index contributed by atoms with van der Waals surface area (Å²) in [5, 5.41) is 9.17. The first-order valence-corrected chi connectivity index (χ1v) is 38.1. The van der Waals surface area contributed by atoms with Crippen molar-refractivity contribution >= 4 is 102 Å². The van der Waals surface area contributed by atoms with E-state index in [1.807, 2.05) is 79.4 Å². The number of piperidine rings is 2. The Morgan fingerprint density at radius 2 is 0.929 bits per heavy atom. The number of hydrogen-bond donors (Lipinski definition) is 4. The Morgan fingerprint density at radius 1 is 0.451 bits per heavy atom. The zero-order valence-electron chi connectivity index (χ0n) is 60.8. The predicted molar refractivity (Wildman–Crippen MR) is 424 cm³/mol. The number of imide groups is 2. The van der Waals surface area contributed by atoms with E-state index in [1.54, 1.807) is 61.2 Å². The molecule has 6 amide bonds. The molecule has 2 aliphatic carbocycles. The molecule has 18 rings (SSSR count). The number of hydrogen-bond acceptors (Lipinski definition) is 20. The van der Waals surface area contributed by atoms with Crippen LogP contribution in [0.5, 0.6) is 34.8 Å². The molecule has 113 heavy (non-hydrogen) atoms. The number of benzene rings is 4. The summed E-state index contributed by atoms with van der Waals surface area (Å²) in [5.41, 5.74) is 11.9. The van der Waals surface area contributed by atoms with Crippen molar-refractivity contribution in [3.63, 3.8) is 0 Å². The standard InChI is InChI=1S/C43H36N6O7.C25H19IN4O2.C18H18N2O5/c50-40-11-10-39(42(51)48-40)49-25-28-18-30(7-9-34(28)43(49)52)54-17-16-53-15-1-2-29-5-6-31(23-45-29)55-32-20-33(21-32)56-41-12-4-27(22-46-41)26-3-8-35-36-24-44-14-13-37(36)47-38(35)19-26;26-24-5-3-17(13-28-24)31-18-10-19(11-18)32-25-6-2-16(12-29-25)15-1-4-20-21-14-27-8-7-22(21)30-23(20)9-15;1-2-7-24-8-9-25-13-3-4-14-12(10-13)11-20(18(14)23)15-5-6-16(21)19-17(15)22/h3-9,12-14,18-19,22-24,32-33,39,47H,10-11,15-17,20-21,25H2,(H,48,50,51);1-9,12-14,18-19,30H,10-11H2;1,3-4,10,15H,5-9,11H2,(H,19,21,22). The Morgan fingerprint density at radius 3 is 1.39 bits per heavy atom. The van der Waals surface area contributed by atoms with Crippen LogP contribution in [0.3, 0.4) is 0 Å². The molecule has 2 saturated heterocycles. The summed E-state index contributed by atoms with van der Waals surface area (Å²) < 4.78 is 47.2. The van der Waals surface area contributed by atoms with Gasteiger partial charge in [-0.3, -0.25) is 49.4 Å². The van der Waals surface area contributed by atoms with Gasteiger partial charge in [-0.25, -0.2) is 19.9 Å². The van der Waals surface area contributed by atoms with Crippen molar-refractivity contribution in [3.8, 4) is 81.2 Å². The number of aromatic amines is 2. The normalized spacial score (nSPS) is 18.7. The number of fused-ring (bicyclic) bond motifs is 8. The molecule has 4 aromatic carbocycles. The predicted octanol–water partition coefficient (Wildman–Crippen LogP) is 11.6. The maximum Gasteiger partial charge on any atom is 0.255 e. The molecule has 2 saturated carbocycles. The first kappa shape index (κ1) is 74.3. The van der Waals surface area contributed by atoms with Crippen molar-refractivity contribution in [2.45, 2.75) is 101 Å². The molecular weight excluding hydrogens is 1550 g/mol. The van der Waals surface area contributed by atoms with Crippen LogP contribution >= 0.6 is 22.6 Å². The number of aromatic nitrogens is 8. The Hall–Kier alpha value is -12.8. The van der Waals surface area contributed by atoms with E-state index in [2.05, 4.69) is 133 Å². The maximum absolute atomic E-state index is 12.9. The van der Waals surface area contributed by atoms with Gasteiger partial charge in [-0.2, -0.15) is 0 Å². The number of H-pyrrole nitrogens is 2. The van der Waals surface area contributed by atoms with Crippen LogP contribution in [0.1, 0.15) is 88.9 Å². The van der Waals surface area contributed by atoms with Gasteiger partial charge in [0, 0.05) is 167 Å². The molecule has 12 heterocycles. The highest BCUT2D eigenvalue weighted by molar-refractivity contribution is 14.1. The van der Waals surface area contributed by atoms with Crippen molar-refractivity contribution in [1.82, 2.24) is 60.3 Å². The van der Waals surface area contributed by atoms with Crippen LogP contribution in [0.25, 0.3) is 65.9 Å². The van der Waals surface area contributed by atoms with Gasteiger partial charge in [-0.05, 0) is 161 Å². The lowest BCUT2D eigenvalue weighted by molar-refractivity contribution is -0.138. The van der Waals surface area contributed by atoms with Gasteiger partial charge in [0.1, 0.15) is 95.3 Å². The monoisotopic (exact) mass is 1620 g/mol. The van der Waals surface area contributed by atoms with E-state index in [-0.39, 0.29) is 74.1 Å². The molecule has 6 aliphatic rings. The van der Waals surface area contributed by atoms with Crippen molar-refractivity contribution in [2.24, 2.45) is 0 Å². The van der Waals surface area contributed by atoms with Crippen molar-refractivity contribution in [2.75, 3.05) is 39.6 Å². The van der Waals surface area contributed by atoms with Crippen LogP contribution in [0.2, 0.25) is 0 Å². The molecule has 2 atom stereocenters. The van der Waals surface area contributed by atoms with Gasteiger partial charge in [-0.1, -0.05) is 36.1 Å². The highest BCUT2D eigenvalue weighted by Gasteiger charge is 2.41. The van der Waals surface area contributed by atoms with Crippen molar-refractivity contribution in [1.29, 1.82) is 0 Å². The van der Waals surface area contributed by atoms with E-state index in [1.165, 1.54) is 15.2 Å². The molecule has 0 radical (unpaired) electrons. The van der Waals surface area contributed by atoms with Gasteiger partial charge in [-0.15, -0.1) is 6.42 Å². The van der Waals surface area contributed by atoms with Gasteiger partial charge in [0.05, 0.1) is 25.6 Å². The topological polar surface area (TPSA) is 316 Å². The number of halogens is 1. The quantitative estimate of drug-likeness (QED) is 0.0161. The summed E-state index contributed by atoms with van der Waals surface area (Å²) >= 11 is 2.18. The number of carbonyl (C=O) groups is 6. The molecule has 2 unspecified atom stereocenters. The molecule has 26 nitrogen and oxygen atoms in total. The lowest BCUT2D eigenvalue weighted by atomic mass is 9.92. The number of ether oxygens (including phenoxy) is 8. The smallest absolute Gasteiger partial charge is 0.255 e. The van der Waals surface area contributed by atoms with Crippen LogP contribution in [0.4, 0.5) is 0 Å². The third-order valence-corrected chi connectivity index (χ3v) is 20.9. The summed E-state index contributed by atoms with van der Waals surface area (Å²) in [7, 11) is 0. The lowest BCUT2D eigenvalue weighted by Crippen LogP contribution is -2.52. The molecule has 8 aromatic heterocycles. The maximum atomic E-state index is 12.9. The molecule has 4 aliphatic heterocycles. The van der Waals surface area contributed by atoms with E-state index in [9.17, 15) is 28.8 Å². The van der Waals surface area contributed by atoms with E-state index in [0.29, 0.717) is 98.2 Å². The second-order valence-corrected chi connectivity index (χ2v) is 28.8. The summed E-state index contributed by atoms with van der Waals surface area (Å²) in [6.07, 6.45) is 24.3. The molecule has 27 heteroatoms. The Balaban J connectivity index is 0.000000142. The van der Waals surface area contributed by atoms with E-state index >= 15 is 0 Å². The fourth-order valence-electron chi connectivity index (χ4n) is 14.3. The average Bonchev–Trinajstić information content (AvgIpc) is 1.65. The zero-order chi connectivity index (χ0) is 77.3. The van der Waals surface area contributed by atoms with Crippen LogP contribution in [-0.2, 0) is 41.7 Å². The number of terminal acetylenes is 1. The molecule has 0 spiro atoms. The lowest BCUT2D eigenvalue weighted by Gasteiger charge is -2.34. The fourth-order valence-corrected chi connectivity index (χ4v) is 14.6. The van der Waals surface area contributed by atoms with E-state index in [4.69, 9.17) is 44.3 Å². The third-order valence-electron chi connectivity index (χ3n) is 20.2. The minimum Gasteiger partial charge on any atom is -0.491 e. The highest BCUT2D eigenvalue weighted by Crippen LogP contribution is 2.37. The van der Waals surface area contributed by atoms with E-state index < -0.39 is 23.9 Å². The largest absolute Gasteiger partial charge is 0.491 e.